The molecule has 0 aromatic carbocycles. The summed E-state index contributed by atoms with van der Waals surface area (Å²) >= 11 is 0. The Labute approximate surface area is 123 Å². The number of hydrogen-bond acceptors (Lipinski definition) is 3. The molecule has 0 saturated carbocycles. The van der Waals surface area contributed by atoms with Crippen LogP contribution >= 0.6 is 0 Å². The number of carbonyl (C=O) groups excluding carboxylic acids is 1. The number of amides is 1. The minimum absolute atomic E-state index is 0.0914. The molecule has 20 heavy (non-hydrogen) atoms. The van der Waals surface area contributed by atoms with Crippen molar-refractivity contribution in [1.82, 2.24) is 4.90 Å². The zero-order valence-electron chi connectivity index (χ0n) is 13.2. The molecule has 114 valence electrons. The molecular formula is C16H28N2O2. The molecule has 0 atom stereocenters. The predicted molar refractivity (Wildman–Crippen MR) is 85.0 cm³/mol. The summed E-state index contributed by atoms with van der Waals surface area (Å²) in [5.74, 6) is 0.0914. The van der Waals surface area contributed by atoms with E-state index in [1.54, 1.807) is 6.21 Å². The molecule has 0 unspecified atom stereocenters. The number of hydrogen-bond donors (Lipinski definition) is 0. The minimum Gasteiger partial charge on any atom is -0.372 e. The monoisotopic (exact) mass is 280 g/mol. The number of nitrogens with zero attached hydrogens (tertiary/aromatic N) is 2. The van der Waals surface area contributed by atoms with Gasteiger partial charge in [-0.3, -0.25) is 9.79 Å². The molecule has 0 N–H and O–H groups in total. The fourth-order valence-electron chi connectivity index (χ4n) is 1.73. The largest absolute Gasteiger partial charge is 0.372 e. The lowest BCUT2D eigenvalue weighted by Crippen LogP contribution is -2.33. The van der Waals surface area contributed by atoms with Gasteiger partial charge in [0.2, 0.25) is 5.91 Å². The zero-order chi connectivity index (χ0) is 15.4. The molecule has 1 aliphatic rings. The molecular weight excluding hydrogens is 252 g/mol. The van der Waals surface area contributed by atoms with Gasteiger partial charge in [-0.05, 0) is 31.8 Å². The third-order valence-electron chi connectivity index (χ3n) is 2.69. The predicted octanol–water partition coefficient (Wildman–Crippen LogP) is 3.20. The van der Waals surface area contributed by atoms with Crippen LogP contribution in [0.4, 0.5) is 0 Å². The van der Waals surface area contributed by atoms with Crippen LogP contribution in [0, 0.1) is 0 Å². The van der Waals surface area contributed by atoms with Gasteiger partial charge in [-0.2, -0.15) is 0 Å². The summed E-state index contributed by atoms with van der Waals surface area (Å²) in [6.45, 7) is 15.9. The zero-order valence-corrected chi connectivity index (χ0v) is 13.2. The number of aliphatic imine (C=N–C) groups is 1. The highest BCUT2D eigenvalue weighted by Crippen LogP contribution is 2.06. The molecule has 4 nitrogen and oxygen atoms in total. The molecule has 0 aliphatic carbocycles. The molecule has 0 bridgehead atoms. The van der Waals surface area contributed by atoms with Gasteiger partial charge in [0.1, 0.15) is 6.61 Å². The van der Waals surface area contributed by atoms with Crippen molar-refractivity contribution in [1.29, 1.82) is 0 Å². The smallest absolute Gasteiger partial charge is 0.248 e. The maximum atomic E-state index is 11.6. The van der Waals surface area contributed by atoms with Crippen molar-refractivity contribution in [2.24, 2.45) is 4.99 Å². The Morgan fingerprint density at radius 1 is 1.45 bits per heavy atom. The van der Waals surface area contributed by atoms with Gasteiger partial charge >= 0.3 is 0 Å². The van der Waals surface area contributed by atoms with Gasteiger partial charge in [-0.15, -0.1) is 0 Å². The van der Waals surface area contributed by atoms with Crippen LogP contribution in [-0.4, -0.2) is 43.3 Å². The van der Waals surface area contributed by atoms with Crippen molar-refractivity contribution in [2.75, 3.05) is 26.3 Å². The van der Waals surface area contributed by atoms with Crippen LogP contribution in [0.25, 0.3) is 0 Å². The summed E-state index contributed by atoms with van der Waals surface area (Å²) in [5.41, 5.74) is 1.74. The fraction of sp³-hybridized carbons (Fsp3) is 0.625. The molecule has 0 spiro atoms. The summed E-state index contributed by atoms with van der Waals surface area (Å²) in [7, 11) is 0. The van der Waals surface area contributed by atoms with Crippen molar-refractivity contribution in [3.05, 3.63) is 24.4 Å². The maximum Gasteiger partial charge on any atom is 0.248 e. The van der Waals surface area contributed by atoms with E-state index in [1.165, 1.54) is 0 Å². The highest BCUT2D eigenvalue weighted by atomic mass is 16.5. The number of ether oxygens (including phenoxy) is 1. The maximum absolute atomic E-state index is 11.6. The van der Waals surface area contributed by atoms with E-state index in [9.17, 15) is 4.79 Å². The Balaban J connectivity index is 0.00000172. The second-order valence-electron chi connectivity index (χ2n) is 4.54. The van der Waals surface area contributed by atoms with Crippen LogP contribution in [0.1, 0.15) is 40.0 Å². The highest BCUT2D eigenvalue weighted by molar-refractivity contribution is 5.78. The molecule has 1 heterocycles. The van der Waals surface area contributed by atoms with E-state index in [0.717, 1.165) is 43.6 Å². The average molecular weight is 280 g/mol. The normalized spacial score (nSPS) is 15.6. The van der Waals surface area contributed by atoms with Crippen molar-refractivity contribution in [3.63, 3.8) is 0 Å². The first-order chi connectivity index (χ1) is 9.59. The SMILES string of the molecule is C=C(C=NC(=C)C)CCCN1CCCOCC1=O.CC. The lowest BCUT2D eigenvalue weighted by Gasteiger charge is -2.19. The summed E-state index contributed by atoms with van der Waals surface area (Å²) < 4.78 is 5.19. The Hall–Kier alpha value is -1.42. The number of rotatable bonds is 6. The third kappa shape index (κ3) is 8.64. The van der Waals surface area contributed by atoms with Crippen LogP contribution in [0.2, 0.25) is 0 Å². The second-order valence-corrected chi connectivity index (χ2v) is 4.54. The minimum atomic E-state index is 0.0914. The van der Waals surface area contributed by atoms with Crippen LogP contribution in [0.15, 0.2) is 29.4 Å². The summed E-state index contributed by atoms with van der Waals surface area (Å²) in [4.78, 5) is 17.6. The molecule has 1 amide bonds. The quantitative estimate of drug-likeness (QED) is 0.701. The van der Waals surface area contributed by atoms with Crippen LogP contribution in [-0.2, 0) is 9.53 Å². The molecule has 0 radical (unpaired) electrons. The first-order valence-corrected chi connectivity index (χ1v) is 7.32. The molecule has 0 aromatic rings. The van der Waals surface area contributed by atoms with E-state index in [4.69, 9.17) is 4.74 Å². The molecule has 1 rings (SSSR count). The van der Waals surface area contributed by atoms with Gasteiger partial charge < -0.3 is 9.64 Å². The van der Waals surface area contributed by atoms with Crippen molar-refractivity contribution in [3.8, 4) is 0 Å². The second kappa shape index (κ2) is 11.4. The number of carbonyl (C=O) groups is 1. The van der Waals surface area contributed by atoms with E-state index in [0.29, 0.717) is 6.61 Å². The van der Waals surface area contributed by atoms with Crippen LogP contribution in [0.5, 0.6) is 0 Å². The van der Waals surface area contributed by atoms with E-state index in [2.05, 4.69) is 18.2 Å². The van der Waals surface area contributed by atoms with Gasteiger partial charge in [0.25, 0.3) is 0 Å². The Morgan fingerprint density at radius 2 is 2.15 bits per heavy atom. The third-order valence-corrected chi connectivity index (χ3v) is 2.69. The first kappa shape index (κ1) is 18.6. The summed E-state index contributed by atoms with van der Waals surface area (Å²) in [6.07, 6.45) is 4.42. The Kier molecular flexibility index (Phi) is 10.6. The molecule has 1 aliphatic heterocycles. The van der Waals surface area contributed by atoms with E-state index >= 15 is 0 Å². The van der Waals surface area contributed by atoms with Crippen molar-refractivity contribution in [2.45, 2.75) is 40.0 Å². The highest BCUT2D eigenvalue weighted by Gasteiger charge is 2.15. The van der Waals surface area contributed by atoms with Crippen molar-refractivity contribution >= 4 is 12.1 Å². The average Bonchev–Trinajstić information content (AvgIpc) is 2.64. The summed E-state index contributed by atoms with van der Waals surface area (Å²) in [5, 5.41) is 0. The Morgan fingerprint density at radius 3 is 2.80 bits per heavy atom. The van der Waals surface area contributed by atoms with Gasteiger partial charge in [-0.1, -0.05) is 27.0 Å². The topological polar surface area (TPSA) is 41.9 Å². The van der Waals surface area contributed by atoms with Gasteiger partial charge in [0.15, 0.2) is 0 Å². The molecule has 4 heteroatoms. The Bertz CT molecular complexity index is 348. The summed E-state index contributed by atoms with van der Waals surface area (Å²) in [6, 6.07) is 0. The van der Waals surface area contributed by atoms with E-state index < -0.39 is 0 Å². The van der Waals surface area contributed by atoms with Crippen LogP contribution in [0.3, 0.4) is 0 Å². The number of allylic oxidation sites excluding steroid dienone is 2. The van der Waals surface area contributed by atoms with E-state index in [1.807, 2.05) is 25.7 Å². The molecule has 0 aromatic heterocycles. The van der Waals surface area contributed by atoms with Crippen LogP contribution < -0.4 is 0 Å². The lowest BCUT2D eigenvalue weighted by atomic mass is 10.1. The van der Waals surface area contributed by atoms with Gasteiger partial charge in [0.05, 0.1) is 0 Å². The molecule has 1 fully saturated rings. The first-order valence-electron chi connectivity index (χ1n) is 7.32. The van der Waals surface area contributed by atoms with Gasteiger partial charge in [-0.25, -0.2) is 0 Å². The molecule has 1 saturated heterocycles. The van der Waals surface area contributed by atoms with Crippen molar-refractivity contribution < 1.29 is 9.53 Å². The standard InChI is InChI=1S/C14H22N2O2.C2H6/c1-12(2)15-10-13(3)6-4-7-16-8-5-9-18-11-14(16)17;1-2/h10H,1,3-9,11H2,2H3;1-2H3. The fourth-order valence-corrected chi connectivity index (χ4v) is 1.73. The lowest BCUT2D eigenvalue weighted by molar-refractivity contribution is -0.133. The van der Waals surface area contributed by atoms with E-state index in [-0.39, 0.29) is 12.5 Å². The van der Waals surface area contributed by atoms with Gasteiger partial charge in [0, 0.05) is 31.6 Å².